The van der Waals surface area contributed by atoms with E-state index in [4.69, 9.17) is 18.9 Å². The number of halogens is 3. The smallest absolute Gasteiger partial charge is 0.215 e. The van der Waals surface area contributed by atoms with E-state index in [1.165, 1.54) is 10.8 Å². The molecule has 59 heavy (non-hydrogen) atoms. The number of aromatic nitrogens is 3. The number of hydrogen-bond donors (Lipinski definition) is 2. The monoisotopic (exact) mass is 855 g/mol. The van der Waals surface area contributed by atoms with Gasteiger partial charge in [0.2, 0.25) is 11.8 Å². The van der Waals surface area contributed by atoms with Crippen molar-refractivity contribution in [3.05, 3.63) is 137 Å². The number of aryl methyl sites for hydroxylation is 2. The molecule has 8 aromatic rings. The highest BCUT2D eigenvalue weighted by molar-refractivity contribution is 5.94. The van der Waals surface area contributed by atoms with Gasteiger partial charge < -0.3 is 29.2 Å². The molecule has 5 aromatic carbocycles. The van der Waals surface area contributed by atoms with Crippen molar-refractivity contribution >= 4 is 80.3 Å². The maximum atomic E-state index is 10.8. The maximum Gasteiger partial charge on any atom is 0.215 e. The zero-order valence-corrected chi connectivity index (χ0v) is 36.2. The van der Waals surface area contributed by atoms with E-state index in [1.54, 1.807) is 34.6 Å². The normalized spacial score (nSPS) is 10.5. The summed E-state index contributed by atoms with van der Waals surface area (Å²) in [6, 6.07) is 30.6. The van der Waals surface area contributed by atoms with Crippen LogP contribution in [0.25, 0.3) is 43.1 Å². The standard InChI is InChI=1S/C25H25NO3.C22H20N2O3.3ClH/c1-4-7-22-20-15-24(29-3)23(28-2)14-19(20)21(25(27)26-22)13-16-10-11-17-8-5-6-9-18(17)12-16;1-13-17-10-20(26-2)21(27-3)11-18(17)19(22(25)24-13)9-14-4-5-16-12-23-7-6-15(16)8-14;;;/h5-6,8-12,14-15H,4,7,13H2,1-3H3,(H,26,27);4-8,10-12H,9H2,1-3H3,(H,24,25);3*1H. The Hall–Kier alpha value is -5.74. The van der Waals surface area contributed by atoms with Gasteiger partial charge in [-0.25, -0.2) is 9.97 Å². The van der Waals surface area contributed by atoms with Gasteiger partial charge >= 0.3 is 0 Å². The Morgan fingerprint density at radius 1 is 0.525 bits per heavy atom. The summed E-state index contributed by atoms with van der Waals surface area (Å²) in [5.74, 6) is 2.71. The number of benzene rings is 5. The fourth-order valence-corrected chi connectivity index (χ4v) is 7.35. The molecule has 0 amide bonds. The first-order valence-electron chi connectivity index (χ1n) is 18.6. The molecule has 0 radical (unpaired) electrons. The van der Waals surface area contributed by atoms with Crippen LogP contribution in [0.15, 0.2) is 103 Å². The molecule has 9 nitrogen and oxygen atoms in total. The van der Waals surface area contributed by atoms with Crippen molar-refractivity contribution in [2.75, 3.05) is 28.4 Å². The molecule has 0 aliphatic rings. The van der Waals surface area contributed by atoms with Crippen LogP contribution in [0, 0.1) is 6.92 Å². The predicted octanol–water partition coefficient (Wildman–Crippen LogP) is 11.3. The minimum Gasteiger partial charge on any atom is -0.493 e. The average molecular weight is 857 g/mol. The van der Waals surface area contributed by atoms with Crippen LogP contribution >= 0.6 is 37.2 Å². The molecule has 0 fully saturated rings. The van der Waals surface area contributed by atoms with E-state index in [2.05, 4.69) is 64.3 Å². The summed E-state index contributed by atoms with van der Waals surface area (Å²) in [5, 5.41) is 29.7. The molecule has 0 unspecified atom stereocenters. The zero-order valence-electron chi connectivity index (χ0n) is 33.7. The van der Waals surface area contributed by atoms with Crippen molar-refractivity contribution < 1.29 is 29.2 Å². The summed E-state index contributed by atoms with van der Waals surface area (Å²) in [5.41, 5.74) is 5.41. The van der Waals surface area contributed by atoms with E-state index in [-0.39, 0.29) is 49.0 Å². The molecule has 0 bridgehead atoms. The lowest BCUT2D eigenvalue weighted by Gasteiger charge is -2.16. The van der Waals surface area contributed by atoms with Crippen LogP contribution in [-0.2, 0) is 19.3 Å². The third-order valence-electron chi connectivity index (χ3n) is 10.2. The van der Waals surface area contributed by atoms with Crippen LogP contribution in [-0.4, -0.2) is 53.6 Å². The predicted molar refractivity (Wildman–Crippen MR) is 245 cm³/mol. The van der Waals surface area contributed by atoms with Gasteiger partial charge in [0.25, 0.3) is 0 Å². The number of hydrogen-bond acceptors (Lipinski definition) is 9. The second-order valence-corrected chi connectivity index (χ2v) is 13.7. The lowest BCUT2D eigenvalue weighted by Crippen LogP contribution is -2.00. The van der Waals surface area contributed by atoms with Crippen LogP contribution in [0.5, 0.6) is 34.8 Å². The third kappa shape index (κ3) is 9.60. The van der Waals surface area contributed by atoms with E-state index in [0.717, 1.165) is 78.8 Å². The molecular formula is C47H48Cl3N3O6. The summed E-state index contributed by atoms with van der Waals surface area (Å²) in [6.45, 7) is 3.98. The van der Waals surface area contributed by atoms with Crippen molar-refractivity contribution in [2.45, 2.75) is 39.5 Å². The van der Waals surface area contributed by atoms with Gasteiger partial charge in [0.1, 0.15) is 0 Å². The Labute approximate surface area is 362 Å². The van der Waals surface area contributed by atoms with Crippen LogP contribution in [0.1, 0.15) is 47.0 Å². The summed E-state index contributed by atoms with van der Waals surface area (Å²) in [6.07, 6.45) is 6.50. The van der Waals surface area contributed by atoms with Crippen LogP contribution in [0.3, 0.4) is 0 Å². The lowest BCUT2D eigenvalue weighted by molar-refractivity contribution is 0.355. The third-order valence-corrected chi connectivity index (χ3v) is 10.2. The van der Waals surface area contributed by atoms with Crippen molar-refractivity contribution in [3.8, 4) is 34.8 Å². The first-order chi connectivity index (χ1) is 27.2. The Morgan fingerprint density at radius 3 is 1.56 bits per heavy atom. The van der Waals surface area contributed by atoms with Crippen LogP contribution in [0.4, 0.5) is 0 Å². The van der Waals surface area contributed by atoms with Gasteiger partial charge in [-0.15, -0.1) is 37.2 Å². The minimum absolute atomic E-state index is 0. The fourth-order valence-electron chi connectivity index (χ4n) is 7.35. The van der Waals surface area contributed by atoms with Gasteiger partial charge in [0.05, 0.1) is 34.1 Å². The van der Waals surface area contributed by atoms with E-state index < -0.39 is 0 Å². The average Bonchev–Trinajstić information content (AvgIpc) is 3.22. The van der Waals surface area contributed by atoms with Gasteiger partial charge in [-0.05, 0) is 81.7 Å². The molecule has 0 aliphatic carbocycles. The Balaban J connectivity index is 0.000000249. The van der Waals surface area contributed by atoms with E-state index in [9.17, 15) is 10.2 Å². The van der Waals surface area contributed by atoms with E-state index in [0.29, 0.717) is 35.8 Å². The highest BCUT2D eigenvalue weighted by atomic mass is 35.5. The molecule has 0 saturated carbocycles. The molecular weight excluding hydrogens is 809 g/mol. The summed E-state index contributed by atoms with van der Waals surface area (Å²) in [4.78, 5) is 13.0. The number of rotatable bonds is 10. The van der Waals surface area contributed by atoms with Crippen molar-refractivity contribution in [1.82, 2.24) is 15.0 Å². The molecule has 0 spiro atoms. The number of ether oxygens (including phenoxy) is 4. The summed E-state index contributed by atoms with van der Waals surface area (Å²) >= 11 is 0. The number of pyridine rings is 3. The molecule has 0 saturated heterocycles. The topological polar surface area (TPSA) is 116 Å². The van der Waals surface area contributed by atoms with Gasteiger partial charge in [-0.1, -0.05) is 74.0 Å². The second kappa shape index (κ2) is 20.3. The molecule has 308 valence electrons. The maximum absolute atomic E-state index is 10.8. The van der Waals surface area contributed by atoms with Crippen LogP contribution in [0.2, 0.25) is 0 Å². The lowest BCUT2D eigenvalue weighted by atomic mass is 9.96. The highest BCUT2D eigenvalue weighted by Crippen LogP contribution is 2.40. The minimum atomic E-state index is 0. The van der Waals surface area contributed by atoms with Gasteiger partial charge in [0, 0.05) is 58.2 Å². The highest BCUT2D eigenvalue weighted by Gasteiger charge is 2.19. The van der Waals surface area contributed by atoms with Crippen molar-refractivity contribution in [3.63, 3.8) is 0 Å². The summed E-state index contributed by atoms with van der Waals surface area (Å²) < 4.78 is 21.9. The quantitative estimate of drug-likeness (QED) is 0.139. The van der Waals surface area contributed by atoms with Gasteiger partial charge in [0.15, 0.2) is 23.0 Å². The summed E-state index contributed by atoms with van der Waals surface area (Å²) in [7, 11) is 6.47. The van der Waals surface area contributed by atoms with Crippen LogP contribution < -0.4 is 18.9 Å². The molecule has 2 N–H and O–H groups in total. The van der Waals surface area contributed by atoms with Crippen molar-refractivity contribution in [1.29, 1.82) is 0 Å². The number of methoxy groups -OCH3 is 4. The largest absolute Gasteiger partial charge is 0.493 e. The van der Waals surface area contributed by atoms with Crippen molar-refractivity contribution in [2.24, 2.45) is 0 Å². The zero-order chi connectivity index (χ0) is 39.3. The number of nitrogens with zero attached hydrogens (tertiary/aromatic N) is 3. The van der Waals surface area contributed by atoms with Gasteiger partial charge in [-0.3, -0.25) is 4.98 Å². The second-order valence-electron chi connectivity index (χ2n) is 13.7. The first kappa shape index (κ1) is 46.0. The van der Waals surface area contributed by atoms with Gasteiger partial charge in [-0.2, -0.15) is 0 Å². The molecule has 0 atom stereocenters. The Kier molecular flexibility index (Phi) is 15.8. The van der Waals surface area contributed by atoms with E-state index >= 15 is 0 Å². The number of aromatic hydroxyl groups is 2. The fraction of sp³-hybridized carbons (Fsp3) is 0.213. The first-order valence-corrected chi connectivity index (χ1v) is 18.6. The molecule has 8 rings (SSSR count). The molecule has 12 heteroatoms. The molecule has 3 heterocycles. The molecule has 3 aromatic heterocycles. The SMILES string of the molecule is CCCc1nc(O)c(Cc2ccc3ccccc3c2)c2cc(OC)c(OC)cc12.COc1cc2c(C)nc(O)c(Cc3ccc4cnccc4c3)c2cc1OC.Cl.Cl.Cl. The Bertz CT molecular complexity index is 2730. The molecule has 0 aliphatic heterocycles. The van der Waals surface area contributed by atoms with E-state index in [1.807, 2.05) is 61.7 Å². The number of fused-ring (bicyclic) bond motifs is 4. The Morgan fingerprint density at radius 2 is 1.00 bits per heavy atom.